The summed E-state index contributed by atoms with van der Waals surface area (Å²) in [7, 11) is 0. The zero-order valence-electron chi connectivity index (χ0n) is 13.4. The summed E-state index contributed by atoms with van der Waals surface area (Å²) in [4.78, 5) is 9.22. The number of rotatable bonds is 2. The van der Waals surface area contributed by atoms with Gasteiger partial charge in [0, 0.05) is 5.56 Å². The molecule has 0 unspecified atom stereocenters. The number of fused-ring (bicyclic) bond motifs is 2. The Morgan fingerprint density at radius 2 is 1.60 bits per heavy atom. The molecule has 0 radical (unpaired) electrons. The summed E-state index contributed by atoms with van der Waals surface area (Å²) < 4.78 is 1.86. The van der Waals surface area contributed by atoms with E-state index in [-0.39, 0.29) is 0 Å². The molecule has 25 heavy (non-hydrogen) atoms. The van der Waals surface area contributed by atoms with Crippen LogP contribution in [0, 0.1) is 0 Å². The average molecular weight is 322 g/mol. The van der Waals surface area contributed by atoms with Crippen LogP contribution in [0.5, 0.6) is 0 Å². The van der Waals surface area contributed by atoms with E-state index >= 15 is 0 Å². The van der Waals surface area contributed by atoms with Crippen LogP contribution in [0.2, 0.25) is 0 Å². The summed E-state index contributed by atoms with van der Waals surface area (Å²) in [6.07, 6.45) is 3.64. The molecule has 1 aliphatic heterocycles. The molecule has 0 saturated heterocycles. The van der Waals surface area contributed by atoms with Gasteiger partial charge in [-0.05, 0) is 22.9 Å². The predicted octanol–water partition coefficient (Wildman–Crippen LogP) is 4.67. The van der Waals surface area contributed by atoms with Crippen molar-refractivity contribution >= 4 is 28.4 Å². The lowest BCUT2D eigenvalue weighted by Crippen LogP contribution is -2.01. The summed E-state index contributed by atoms with van der Waals surface area (Å²) in [6.45, 7) is 0. The molecule has 0 atom stereocenters. The molecule has 0 bridgehead atoms. The lowest BCUT2D eigenvalue weighted by Gasteiger charge is -2.06. The number of aliphatic imine (C=N–C) groups is 1. The molecule has 0 saturated carbocycles. The highest BCUT2D eigenvalue weighted by Gasteiger charge is 2.20. The van der Waals surface area contributed by atoms with E-state index in [1.807, 2.05) is 41.2 Å². The van der Waals surface area contributed by atoms with Gasteiger partial charge in [0.05, 0.1) is 23.8 Å². The molecule has 1 aliphatic rings. The fourth-order valence-corrected chi connectivity index (χ4v) is 3.16. The number of imidazole rings is 1. The van der Waals surface area contributed by atoms with Gasteiger partial charge in [0.1, 0.15) is 5.71 Å². The van der Waals surface area contributed by atoms with E-state index in [4.69, 9.17) is 0 Å². The second kappa shape index (κ2) is 5.53. The topological polar surface area (TPSA) is 42.5 Å². The van der Waals surface area contributed by atoms with Crippen molar-refractivity contribution in [3.8, 4) is 11.3 Å². The first-order chi connectivity index (χ1) is 12.4. The number of hydrogen-bond donors (Lipinski definition) is 0. The maximum Gasteiger partial charge on any atom is 0.181 e. The van der Waals surface area contributed by atoms with Gasteiger partial charge in [-0.1, -0.05) is 60.7 Å². The van der Waals surface area contributed by atoms with Gasteiger partial charge >= 0.3 is 0 Å². The van der Waals surface area contributed by atoms with Crippen molar-refractivity contribution in [2.24, 2.45) is 10.1 Å². The van der Waals surface area contributed by atoms with E-state index in [2.05, 4.69) is 57.5 Å². The van der Waals surface area contributed by atoms with E-state index in [0.29, 0.717) is 0 Å². The lowest BCUT2D eigenvalue weighted by molar-refractivity contribution is 0.896. The van der Waals surface area contributed by atoms with E-state index in [1.54, 1.807) is 6.21 Å². The third kappa shape index (κ3) is 2.27. The standard InChI is InChI=1S/C21H14N4/c1-2-9-16(10-3-1)24-19-13-23-25-20(14-22-21(19)25)18-12-6-8-15-7-4-5-11-17(15)18/h1-14H. The van der Waals surface area contributed by atoms with Crippen LogP contribution in [0.15, 0.2) is 89.1 Å². The zero-order valence-corrected chi connectivity index (χ0v) is 13.4. The summed E-state index contributed by atoms with van der Waals surface area (Å²) in [5.74, 6) is 0.770. The van der Waals surface area contributed by atoms with Gasteiger partial charge in [-0.25, -0.2) is 14.7 Å². The molecule has 4 nitrogen and oxygen atoms in total. The van der Waals surface area contributed by atoms with Gasteiger partial charge in [-0.15, -0.1) is 0 Å². The molecular weight excluding hydrogens is 308 g/mol. The summed E-state index contributed by atoms with van der Waals surface area (Å²) >= 11 is 0. The number of nitrogens with zero attached hydrogens (tertiary/aromatic N) is 4. The highest BCUT2D eigenvalue weighted by atomic mass is 15.4. The highest BCUT2D eigenvalue weighted by molar-refractivity contribution is 6.39. The van der Waals surface area contributed by atoms with Crippen LogP contribution >= 0.6 is 0 Å². The molecule has 4 aromatic rings. The quantitative estimate of drug-likeness (QED) is 0.529. The molecule has 0 spiro atoms. The Labute approximate surface area is 144 Å². The Morgan fingerprint density at radius 1 is 0.800 bits per heavy atom. The van der Waals surface area contributed by atoms with Crippen LogP contribution in [0.1, 0.15) is 5.82 Å². The Morgan fingerprint density at radius 3 is 2.52 bits per heavy atom. The van der Waals surface area contributed by atoms with E-state index < -0.39 is 0 Å². The van der Waals surface area contributed by atoms with Gasteiger partial charge in [0.2, 0.25) is 0 Å². The molecule has 4 heteroatoms. The largest absolute Gasteiger partial charge is 0.243 e. The van der Waals surface area contributed by atoms with Crippen molar-refractivity contribution in [3.05, 3.63) is 84.8 Å². The third-order valence-electron chi connectivity index (χ3n) is 4.33. The monoisotopic (exact) mass is 322 g/mol. The SMILES string of the molecule is C1=Nn2c(-c3cccc4ccccc34)cnc2C1=Nc1ccccc1. The molecule has 0 fully saturated rings. The van der Waals surface area contributed by atoms with Crippen molar-refractivity contribution in [1.29, 1.82) is 0 Å². The Balaban J connectivity index is 1.65. The van der Waals surface area contributed by atoms with Gasteiger partial charge in [0.15, 0.2) is 5.82 Å². The van der Waals surface area contributed by atoms with Crippen molar-refractivity contribution in [2.75, 3.05) is 0 Å². The first-order valence-electron chi connectivity index (χ1n) is 8.14. The van der Waals surface area contributed by atoms with Crippen molar-refractivity contribution in [2.45, 2.75) is 0 Å². The minimum absolute atomic E-state index is 0.770. The van der Waals surface area contributed by atoms with E-state index in [9.17, 15) is 0 Å². The maximum absolute atomic E-state index is 4.65. The molecule has 118 valence electrons. The van der Waals surface area contributed by atoms with Crippen LogP contribution < -0.4 is 0 Å². The van der Waals surface area contributed by atoms with Crippen LogP contribution in [0.3, 0.4) is 0 Å². The Kier molecular flexibility index (Phi) is 3.07. The summed E-state index contributed by atoms with van der Waals surface area (Å²) in [6, 6.07) is 24.5. The lowest BCUT2D eigenvalue weighted by atomic mass is 10.0. The fourth-order valence-electron chi connectivity index (χ4n) is 3.16. The molecule has 0 amide bonds. The Bertz CT molecular complexity index is 1130. The van der Waals surface area contributed by atoms with Gasteiger partial charge < -0.3 is 0 Å². The maximum atomic E-state index is 4.65. The second-order valence-corrected chi connectivity index (χ2v) is 5.88. The summed E-state index contributed by atoms with van der Waals surface area (Å²) in [5, 5.41) is 6.91. The smallest absolute Gasteiger partial charge is 0.181 e. The number of para-hydroxylation sites is 1. The van der Waals surface area contributed by atoms with Gasteiger partial charge in [0.25, 0.3) is 0 Å². The minimum Gasteiger partial charge on any atom is -0.243 e. The molecule has 0 N–H and O–H groups in total. The number of hydrogen-bond acceptors (Lipinski definition) is 3. The molecule has 0 aliphatic carbocycles. The minimum atomic E-state index is 0.770. The van der Waals surface area contributed by atoms with Crippen LogP contribution in [-0.2, 0) is 0 Å². The van der Waals surface area contributed by atoms with Crippen LogP contribution in [-0.4, -0.2) is 21.6 Å². The van der Waals surface area contributed by atoms with Gasteiger partial charge in [-0.2, -0.15) is 5.10 Å². The average Bonchev–Trinajstić information content (AvgIpc) is 3.25. The Hall–Kier alpha value is -3.53. The zero-order chi connectivity index (χ0) is 16.6. The van der Waals surface area contributed by atoms with Crippen molar-refractivity contribution in [1.82, 2.24) is 9.66 Å². The molecule has 1 aromatic heterocycles. The predicted molar refractivity (Wildman–Crippen MR) is 102 cm³/mol. The molecule has 3 aromatic carbocycles. The first kappa shape index (κ1) is 13.9. The molecule has 2 heterocycles. The normalized spacial score (nSPS) is 14.3. The van der Waals surface area contributed by atoms with Crippen LogP contribution in [0.25, 0.3) is 22.0 Å². The third-order valence-corrected chi connectivity index (χ3v) is 4.33. The first-order valence-corrected chi connectivity index (χ1v) is 8.14. The second-order valence-electron chi connectivity index (χ2n) is 5.88. The number of benzene rings is 3. The fraction of sp³-hybridized carbons (Fsp3) is 0. The van der Waals surface area contributed by atoms with Crippen LogP contribution in [0.4, 0.5) is 5.69 Å². The summed E-state index contributed by atoms with van der Waals surface area (Å²) in [5.41, 5.74) is 3.76. The molecular formula is C21H14N4. The van der Waals surface area contributed by atoms with E-state index in [1.165, 1.54) is 10.8 Å². The molecule has 5 rings (SSSR count). The van der Waals surface area contributed by atoms with Crippen molar-refractivity contribution in [3.63, 3.8) is 0 Å². The highest BCUT2D eigenvalue weighted by Crippen LogP contribution is 2.30. The van der Waals surface area contributed by atoms with Crippen molar-refractivity contribution < 1.29 is 0 Å². The van der Waals surface area contributed by atoms with E-state index in [0.717, 1.165) is 28.5 Å². The number of aromatic nitrogens is 2. The van der Waals surface area contributed by atoms with Gasteiger partial charge in [-0.3, -0.25) is 0 Å².